The van der Waals surface area contributed by atoms with Crippen molar-refractivity contribution in [2.75, 3.05) is 29.1 Å². The predicted octanol–water partition coefficient (Wildman–Crippen LogP) is 3.68. The Bertz CT molecular complexity index is 1070. The third kappa shape index (κ3) is 6.50. The molecule has 2 aromatic rings. The molecule has 1 aliphatic rings. The number of anilines is 1. The number of thioether (sulfide) groups is 2. The van der Waals surface area contributed by atoms with Crippen LogP contribution in [-0.4, -0.2) is 38.7 Å². The molecular weight excluding hydrogens is 466 g/mol. The average molecular weight is 489 g/mol. The van der Waals surface area contributed by atoms with Gasteiger partial charge in [-0.2, -0.15) is 0 Å². The van der Waals surface area contributed by atoms with Gasteiger partial charge in [-0.25, -0.2) is 17.2 Å². The maximum Gasteiger partial charge on any atom is 0.258 e. The van der Waals surface area contributed by atoms with E-state index in [2.05, 4.69) is 10.0 Å². The minimum Gasteiger partial charge on any atom is -0.484 e. The van der Waals surface area contributed by atoms with Crippen molar-refractivity contribution in [3.63, 3.8) is 0 Å². The molecule has 1 amide bonds. The molecule has 3 rings (SSSR count). The summed E-state index contributed by atoms with van der Waals surface area (Å²) in [7, 11) is -3.59. The van der Waals surface area contributed by atoms with E-state index in [4.69, 9.17) is 4.74 Å². The number of carbonyl (C=O) groups excluding carboxylic acids is 1. The van der Waals surface area contributed by atoms with Gasteiger partial charge in [-0.1, -0.05) is 12.1 Å². The summed E-state index contributed by atoms with van der Waals surface area (Å²) in [5, 5.41) is 2.57. The lowest BCUT2D eigenvalue weighted by Crippen LogP contribution is -2.28. The first-order valence-electron chi connectivity index (χ1n) is 9.29. The maximum absolute atomic E-state index is 14.5. The number of sulfonamides is 1. The second kappa shape index (κ2) is 9.66. The molecule has 31 heavy (non-hydrogen) atoms. The minimum atomic E-state index is -3.59. The Morgan fingerprint density at radius 2 is 1.84 bits per heavy atom. The molecule has 2 aromatic carbocycles. The number of halogens is 2. The van der Waals surface area contributed by atoms with Gasteiger partial charge in [0.15, 0.2) is 6.61 Å². The molecule has 0 unspecified atom stereocenters. The third-order valence-electron chi connectivity index (χ3n) is 4.46. The Hall–Kier alpha value is -1.98. The summed E-state index contributed by atoms with van der Waals surface area (Å²) in [5.41, 5.74) is 0.877. The summed E-state index contributed by atoms with van der Waals surface area (Å²) in [4.78, 5) is 12.0. The zero-order valence-electron chi connectivity index (χ0n) is 16.9. The van der Waals surface area contributed by atoms with Gasteiger partial charge in [0, 0.05) is 29.7 Å². The van der Waals surface area contributed by atoms with Crippen LogP contribution < -0.4 is 14.8 Å². The predicted molar refractivity (Wildman–Crippen MR) is 121 cm³/mol. The fraction of sp³-hybridized carbons (Fsp3) is 0.350. The largest absolute Gasteiger partial charge is 0.484 e. The minimum absolute atomic E-state index is 0.0262. The summed E-state index contributed by atoms with van der Waals surface area (Å²) < 4.78 is 58.0. The second-order valence-corrected chi connectivity index (χ2v) is 12.1. The Labute approximate surface area is 188 Å². The van der Waals surface area contributed by atoms with Crippen molar-refractivity contribution in [1.82, 2.24) is 5.32 Å². The zero-order valence-corrected chi connectivity index (χ0v) is 19.4. The molecule has 0 atom stereocenters. The van der Waals surface area contributed by atoms with Crippen molar-refractivity contribution < 1.29 is 26.7 Å². The van der Waals surface area contributed by atoms with E-state index in [1.54, 1.807) is 35.7 Å². The van der Waals surface area contributed by atoms with E-state index in [0.29, 0.717) is 11.1 Å². The van der Waals surface area contributed by atoms with Gasteiger partial charge in [-0.15, -0.1) is 23.5 Å². The van der Waals surface area contributed by atoms with E-state index in [1.165, 1.54) is 18.2 Å². The second-order valence-electron chi connectivity index (χ2n) is 7.04. The molecule has 0 aromatic heterocycles. The average Bonchev–Trinajstić information content (AvgIpc) is 3.13. The Morgan fingerprint density at radius 3 is 2.45 bits per heavy atom. The number of carbonyl (C=O) groups is 1. The van der Waals surface area contributed by atoms with Crippen LogP contribution in [0.15, 0.2) is 36.4 Å². The van der Waals surface area contributed by atoms with Crippen molar-refractivity contribution in [3.05, 3.63) is 59.2 Å². The van der Waals surface area contributed by atoms with E-state index >= 15 is 0 Å². The number of ether oxygens (including phenoxy) is 1. The third-order valence-corrected chi connectivity index (χ3v) is 8.37. The molecule has 2 N–H and O–H groups in total. The Kier molecular flexibility index (Phi) is 7.38. The molecule has 1 heterocycles. The van der Waals surface area contributed by atoms with E-state index in [1.807, 2.05) is 6.92 Å². The molecule has 0 saturated carbocycles. The summed E-state index contributed by atoms with van der Waals surface area (Å²) >= 11 is 3.41. The van der Waals surface area contributed by atoms with Gasteiger partial charge in [0.25, 0.3) is 5.91 Å². The van der Waals surface area contributed by atoms with E-state index in [-0.39, 0.29) is 34.5 Å². The van der Waals surface area contributed by atoms with Crippen molar-refractivity contribution in [3.8, 4) is 5.75 Å². The Balaban J connectivity index is 1.51. The van der Waals surface area contributed by atoms with Gasteiger partial charge in [0.1, 0.15) is 17.4 Å². The number of hydrogen-bond acceptors (Lipinski definition) is 6. The summed E-state index contributed by atoms with van der Waals surface area (Å²) in [6, 6.07) is 8.49. The van der Waals surface area contributed by atoms with E-state index < -0.39 is 21.7 Å². The maximum atomic E-state index is 14.5. The molecule has 0 spiro atoms. The summed E-state index contributed by atoms with van der Waals surface area (Å²) in [6.07, 6.45) is 0.924. The number of nitrogens with one attached hydrogen (secondary N) is 2. The van der Waals surface area contributed by atoms with Crippen LogP contribution in [0.2, 0.25) is 0 Å². The highest BCUT2D eigenvalue weighted by molar-refractivity contribution is 8.20. The van der Waals surface area contributed by atoms with Gasteiger partial charge in [0.05, 0.1) is 16.0 Å². The van der Waals surface area contributed by atoms with Gasteiger partial charge in [-0.3, -0.25) is 9.52 Å². The highest BCUT2D eigenvalue weighted by Crippen LogP contribution is 2.52. The van der Waals surface area contributed by atoms with Crippen molar-refractivity contribution in [2.24, 2.45) is 0 Å². The van der Waals surface area contributed by atoms with Gasteiger partial charge >= 0.3 is 0 Å². The van der Waals surface area contributed by atoms with Crippen molar-refractivity contribution >= 4 is 45.1 Å². The topological polar surface area (TPSA) is 84.5 Å². The SMILES string of the molecule is CC1(c2ccc(OCC(=O)NCc3ccc(NS(C)(=O)=O)c(F)c3)cc2F)SCCS1. The quantitative estimate of drug-likeness (QED) is 0.590. The van der Waals surface area contributed by atoms with Gasteiger partial charge < -0.3 is 10.1 Å². The molecule has 168 valence electrons. The molecule has 1 saturated heterocycles. The van der Waals surface area contributed by atoms with Gasteiger partial charge in [-0.05, 0) is 30.7 Å². The number of rotatable bonds is 8. The van der Waals surface area contributed by atoms with Crippen LogP contribution >= 0.6 is 23.5 Å². The van der Waals surface area contributed by atoms with Crippen LogP contribution in [0.4, 0.5) is 14.5 Å². The zero-order chi connectivity index (χ0) is 22.6. The molecule has 0 bridgehead atoms. The lowest BCUT2D eigenvalue weighted by atomic mass is 10.1. The molecule has 0 radical (unpaired) electrons. The van der Waals surface area contributed by atoms with E-state index in [9.17, 15) is 22.0 Å². The summed E-state index contributed by atoms with van der Waals surface area (Å²) in [5.74, 6) is 0.601. The van der Waals surface area contributed by atoms with Crippen LogP contribution in [0.1, 0.15) is 18.1 Å². The van der Waals surface area contributed by atoms with Crippen molar-refractivity contribution in [2.45, 2.75) is 17.5 Å². The standard InChI is InChI=1S/C20H22F2N2O4S3/c1-20(29-7-8-30-20)15-5-4-14(10-16(15)21)28-12-19(25)23-11-13-3-6-18(17(22)9-13)24-31(2,26)27/h3-6,9-10,24H,7-8,11-12H2,1-2H3,(H,23,25). The first kappa shape index (κ1) is 23.7. The summed E-state index contributed by atoms with van der Waals surface area (Å²) in [6.45, 7) is 1.70. The molecule has 1 fully saturated rings. The lowest BCUT2D eigenvalue weighted by molar-refractivity contribution is -0.123. The number of hydrogen-bond donors (Lipinski definition) is 2. The van der Waals surface area contributed by atoms with Crippen LogP contribution in [0.25, 0.3) is 0 Å². The Morgan fingerprint density at radius 1 is 1.13 bits per heavy atom. The molecule has 0 aliphatic carbocycles. The highest BCUT2D eigenvalue weighted by Gasteiger charge is 2.34. The number of amides is 1. The smallest absolute Gasteiger partial charge is 0.258 e. The first-order valence-corrected chi connectivity index (χ1v) is 13.2. The van der Waals surface area contributed by atoms with Crippen LogP contribution in [-0.2, 0) is 25.4 Å². The van der Waals surface area contributed by atoms with Gasteiger partial charge in [0.2, 0.25) is 10.0 Å². The first-order chi connectivity index (χ1) is 14.6. The monoisotopic (exact) mass is 488 g/mol. The van der Waals surface area contributed by atoms with Crippen LogP contribution in [0.3, 0.4) is 0 Å². The fourth-order valence-corrected chi connectivity index (χ4v) is 6.46. The normalized spacial score (nSPS) is 15.5. The highest BCUT2D eigenvalue weighted by atomic mass is 32.2. The fourth-order valence-electron chi connectivity index (χ4n) is 2.98. The molecular formula is C20H22F2N2O4S3. The molecule has 6 nitrogen and oxygen atoms in total. The lowest BCUT2D eigenvalue weighted by Gasteiger charge is -2.23. The van der Waals surface area contributed by atoms with Crippen LogP contribution in [0, 0.1) is 11.6 Å². The molecule has 1 aliphatic heterocycles. The van der Waals surface area contributed by atoms with Crippen molar-refractivity contribution in [1.29, 1.82) is 0 Å². The molecule has 11 heteroatoms. The van der Waals surface area contributed by atoms with E-state index in [0.717, 1.165) is 23.8 Å². The van der Waals surface area contributed by atoms with Crippen LogP contribution in [0.5, 0.6) is 5.75 Å². The number of benzene rings is 2.